The van der Waals surface area contributed by atoms with Crippen molar-refractivity contribution >= 4 is 27.3 Å². The van der Waals surface area contributed by atoms with Gasteiger partial charge in [-0.3, -0.25) is 9.52 Å². The Balaban J connectivity index is 1.74. The fourth-order valence-electron chi connectivity index (χ4n) is 3.42. The number of amides is 1. The van der Waals surface area contributed by atoms with E-state index in [2.05, 4.69) is 16.0 Å². The second-order valence-corrected chi connectivity index (χ2v) is 8.96. The highest BCUT2D eigenvalue weighted by atomic mass is 32.2. The van der Waals surface area contributed by atoms with Gasteiger partial charge in [-0.25, -0.2) is 8.42 Å². The van der Waals surface area contributed by atoms with Crippen LogP contribution >= 0.6 is 0 Å². The van der Waals surface area contributed by atoms with Crippen molar-refractivity contribution in [2.45, 2.75) is 25.5 Å². The molecule has 0 fully saturated rings. The number of nitrogens with zero attached hydrogens (tertiary/aromatic N) is 1. The maximum atomic E-state index is 12.5. The lowest BCUT2D eigenvalue weighted by Gasteiger charge is -2.32. The second kappa shape index (κ2) is 8.62. The molecular weight excluding hydrogens is 433 g/mol. The van der Waals surface area contributed by atoms with Crippen LogP contribution in [-0.2, 0) is 27.0 Å². The normalized spacial score (nSPS) is 16.6. The van der Waals surface area contributed by atoms with Crippen molar-refractivity contribution in [3.05, 3.63) is 66.2 Å². The predicted molar refractivity (Wildman–Crippen MR) is 111 cm³/mol. The Hall–Kier alpha value is -3.01. The third-order valence-electron chi connectivity index (χ3n) is 4.68. The molecule has 0 aromatic heterocycles. The standard InChI is InChI=1S/C21H21F3N2O4S/c1-3-10-26-19-9-6-17(12-16(19)11-14(2)20(26)27)25-31(28,29)13-15-4-7-18(8-5-15)30-21(22,23)24/h3-9,12,14,25H,1,10-11,13H2,2H3. The molecule has 1 unspecified atom stereocenters. The molecule has 0 saturated carbocycles. The highest BCUT2D eigenvalue weighted by Crippen LogP contribution is 2.33. The molecule has 10 heteroatoms. The van der Waals surface area contributed by atoms with Gasteiger partial charge < -0.3 is 9.64 Å². The Kier molecular flexibility index (Phi) is 6.30. The van der Waals surface area contributed by atoms with E-state index in [0.717, 1.165) is 17.7 Å². The molecular formula is C21H21F3N2O4S. The number of carbonyl (C=O) groups is 1. The predicted octanol–water partition coefficient (Wildman–Crippen LogP) is 4.24. The van der Waals surface area contributed by atoms with Gasteiger partial charge in [0.15, 0.2) is 0 Å². The molecule has 1 amide bonds. The number of hydrogen-bond donors (Lipinski definition) is 1. The molecule has 6 nitrogen and oxygen atoms in total. The van der Waals surface area contributed by atoms with Gasteiger partial charge >= 0.3 is 6.36 Å². The number of halogens is 3. The summed E-state index contributed by atoms with van der Waals surface area (Å²) in [5, 5.41) is 0. The summed E-state index contributed by atoms with van der Waals surface area (Å²) in [5.41, 5.74) is 2.20. The largest absolute Gasteiger partial charge is 0.573 e. The molecule has 0 aliphatic carbocycles. The molecule has 0 spiro atoms. The lowest BCUT2D eigenvalue weighted by Crippen LogP contribution is -2.40. The van der Waals surface area contributed by atoms with E-state index in [4.69, 9.17) is 0 Å². The maximum Gasteiger partial charge on any atom is 0.573 e. The fourth-order valence-corrected chi connectivity index (χ4v) is 4.61. The molecule has 1 N–H and O–H groups in total. The Morgan fingerprint density at radius 3 is 2.52 bits per heavy atom. The van der Waals surface area contributed by atoms with Crippen molar-refractivity contribution in [1.29, 1.82) is 0 Å². The van der Waals surface area contributed by atoms with Crippen LogP contribution in [0.25, 0.3) is 0 Å². The van der Waals surface area contributed by atoms with Gasteiger partial charge in [-0.1, -0.05) is 25.1 Å². The van der Waals surface area contributed by atoms with E-state index < -0.39 is 27.9 Å². The van der Waals surface area contributed by atoms with Crippen LogP contribution in [-0.4, -0.2) is 27.2 Å². The Morgan fingerprint density at radius 1 is 1.23 bits per heavy atom. The summed E-state index contributed by atoms with van der Waals surface area (Å²) in [4.78, 5) is 14.0. The molecule has 1 heterocycles. The molecule has 166 valence electrons. The van der Waals surface area contributed by atoms with Crippen LogP contribution in [0, 0.1) is 5.92 Å². The molecule has 1 aliphatic rings. The van der Waals surface area contributed by atoms with Crippen LogP contribution in [0.1, 0.15) is 18.1 Å². The first-order chi connectivity index (χ1) is 14.5. The van der Waals surface area contributed by atoms with E-state index in [0.29, 0.717) is 29.9 Å². The third-order valence-corrected chi connectivity index (χ3v) is 5.94. The molecule has 31 heavy (non-hydrogen) atoms. The topological polar surface area (TPSA) is 75.7 Å². The molecule has 0 bridgehead atoms. The number of rotatable bonds is 7. The zero-order valence-corrected chi connectivity index (χ0v) is 17.5. The average Bonchev–Trinajstić information content (AvgIpc) is 2.65. The molecule has 2 aromatic carbocycles. The number of fused-ring (bicyclic) bond motifs is 1. The first-order valence-corrected chi connectivity index (χ1v) is 11.0. The summed E-state index contributed by atoms with van der Waals surface area (Å²) >= 11 is 0. The fraction of sp³-hybridized carbons (Fsp3) is 0.286. The zero-order chi connectivity index (χ0) is 22.8. The molecule has 0 radical (unpaired) electrons. The van der Waals surface area contributed by atoms with Gasteiger partial charge in [0.1, 0.15) is 5.75 Å². The van der Waals surface area contributed by atoms with E-state index >= 15 is 0 Å². The number of anilines is 2. The summed E-state index contributed by atoms with van der Waals surface area (Å²) in [7, 11) is -3.82. The van der Waals surface area contributed by atoms with Gasteiger partial charge in [-0.15, -0.1) is 19.8 Å². The quantitative estimate of drug-likeness (QED) is 0.635. The third kappa shape index (κ3) is 5.78. The summed E-state index contributed by atoms with van der Waals surface area (Å²) in [6.07, 6.45) is -2.70. The summed E-state index contributed by atoms with van der Waals surface area (Å²) in [6, 6.07) is 9.57. The molecule has 0 saturated heterocycles. The van der Waals surface area contributed by atoms with Crippen LogP contribution in [0.5, 0.6) is 5.75 Å². The SMILES string of the molecule is C=CCN1C(=O)C(C)Cc2cc(NS(=O)(=O)Cc3ccc(OC(F)(F)F)cc3)ccc21. The maximum absolute atomic E-state index is 12.5. The number of sulfonamides is 1. The van der Waals surface area contributed by atoms with Crippen molar-refractivity contribution in [1.82, 2.24) is 0 Å². The number of carbonyl (C=O) groups excluding carboxylic acids is 1. The summed E-state index contributed by atoms with van der Waals surface area (Å²) in [6.45, 7) is 5.83. The molecule has 1 aliphatic heterocycles. The first kappa shape index (κ1) is 22.7. The molecule has 3 rings (SSSR count). The highest BCUT2D eigenvalue weighted by molar-refractivity contribution is 7.91. The minimum absolute atomic E-state index is 0.0151. The van der Waals surface area contributed by atoms with Crippen molar-refractivity contribution in [2.24, 2.45) is 5.92 Å². The van der Waals surface area contributed by atoms with Gasteiger partial charge in [-0.05, 0) is 47.9 Å². The van der Waals surface area contributed by atoms with Crippen molar-refractivity contribution in [3.8, 4) is 5.75 Å². The average molecular weight is 454 g/mol. The van der Waals surface area contributed by atoms with Crippen LogP contribution in [0.3, 0.4) is 0 Å². The lowest BCUT2D eigenvalue weighted by atomic mass is 9.92. The van der Waals surface area contributed by atoms with Gasteiger partial charge in [0, 0.05) is 23.8 Å². The van der Waals surface area contributed by atoms with Gasteiger partial charge in [-0.2, -0.15) is 0 Å². The highest BCUT2D eigenvalue weighted by Gasteiger charge is 2.31. The minimum atomic E-state index is -4.81. The van der Waals surface area contributed by atoms with Crippen LogP contribution < -0.4 is 14.4 Å². The Morgan fingerprint density at radius 2 is 1.90 bits per heavy atom. The molecule has 2 aromatic rings. The second-order valence-electron chi connectivity index (χ2n) is 7.24. The number of nitrogens with one attached hydrogen (secondary N) is 1. The lowest BCUT2D eigenvalue weighted by molar-refractivity contribution is -0.274. The summed E-state index contributed by atoms with van der Waals surface area (Å²) in [5.74, 6) is -1.10. The number of benzene rings is 2. The van der Waals surface area contributed by atoms with Crippen molar-refractivity contribution in [2.75, 3.05) is 16.2 Å². The van der Waals surface area contributed by atoms with Gasteiger partial charge in [0.05, 0.1) is 5.75 Å². The smallest absolute Gasteiger partial charge is 0.406 e. The number of ether oxygens (including phenoxy) is 1. The number of alkyl halides is 3. The van der Waals surface area contributed by atoms with E-state index in [1.165, 1.54) is 12.1 Å². The monoisotopic (exact) mass is 454 g/mol. The van der Waals surface area contributed by atoms with E-state index in [9.17, 15) is 26.4 Å². The first-order valence-electron chi connectivity index (χ1n) is 9.38. The van der Waals surface area contributed by atoms with Crippen molar-refractivity contribution in [3.63, 3.8) is 0 Å². The van der Waals surface area contributed by atoms with Gasteiger partial charge in [0.2, 0.25) is 15.9 Å². The van der Waals surface area contributed by atoms with E-state index in [1.54, 1.807) is 29.2 Å². The van der Waals surface area contributed by atoms with Crippen LogP contribution in [0.15, 0.2) is 55.1 Å². The zero-order valence-electron chi connectivity index (χ0n) is 16.6. The summed E-state index contributed by atoms with van der Waals surface area (Å²) < 4.78 is 68.0. The Labute approximate surface area is 178 Å². The van der Waals surface area contributed by atoms with Crippen LogP contribution in [0.2, 0.25) is 0 Å². The molecule has 1 atom stereocenters. The number of hydrogen-bond acceptors (Lipinski definition) is 4. The minimum Gasteiger partial charge on any atom is -0.406 e. The Bertz CT molecular complexity index is 1080. The van der Waals surface area contributed by atoms with E-state index in [1.807, 2.05) is 6.92 Å². The van der Waals surface area contributed by atoms with Crippen LogP contribution in [0.4, 0.5) is 24.5 Å². The van der Waals surface area contributed by atoms with E-state index in [-0.39, 0.29) is 11.8 Å². The van der Waals surface area contributed by atoms with Crippen molar-refractivity contribution < 1.29 is 31.1 Å². The van der Waals surface area contributed by atoms with Gasteiger partial charge in [0.25, 0.3) is 0 Å².